The standard InChI is InChI=1S/C27H23N3S/c1-18(2)28-27-30-26(17-31-27)25-16-23(20-11-7-4-8-12-20)22-14-13-21(15-24(22)29-25)19-9-5-3-6-10-19/h3-18H,1-2H3,(H,28,30). The van der Waals surface area contributed by atoms with Gasteiger partial charge in [-0.25, -0.2) is 9.97 Å². The Morgan fingerprint density at radius 3 is 2.13 bits per heavy atom. The summed E-state index contributed by atoms with van der Waals surface area (Å²) in [6.07, 6.45) is 0. The molecule has 4 heteroatoms. The number of rotatable bonds is 5. The van der Waals surface area contributed by atoms with E-state index >= 15 is 0 Å². The molecule has 1 N–H and O–H groups in total. The highest BCUT2D eigenvalue weighted by atomic mass is 32.1. The number of hydrogen-bond donors (Lipinski definition) is 1. The summed E-state index contributed by atoms with van der Waals surface area (Å²) in [5, 5.41) is 7.53. The van der Waals surface area contributed by atoms with Crippen LogP contribution in [0.4, 0.5) is 5.13 Å². The van der Waals surface area contributed by atoms with Crippen molar-refractivity contribution in [3.05, 3.63) is 90.3 Å². The second-order valence-corrected chi connectivity index (χ2v) is 8.71. The Hall–Kier alpha value is -3.50. The first-order valence-corrected chi connectivity index (χ1v) is 11.3. The third kappa shape index (κ3) is 4.07. The fourth-order valence-electron chi connectivity index (χ4n) is 3.73. The van der Waals surface area contributed by atoms with Crippen molar-refractivity contribution in [3.8, 4) is 33.6 Å². The lowest BCUT2D eigenvalue weighted by Gasteiger charge is -2.11. The summed E-state index contributed by atoms with van der Waals surface area (Å²) in [5.41, 5.74) is 7.48. The molecule has 0 atom stereocenters. The van der Waals surface area contributed by atoms with E-state index in [9.17, 15) is 0 Å². The van der Waals surface area contributed by atoms with E-state index in [1.165, 1.54) is 16.7 Å². The second-order valence-electron chi connectivity index (χ2n) is 7.86. The number of nitrogens with zero attached hydrogens (tertiary/aromatic N) is 2. The minimum Gasteiger partial charge on any atom is -0.359 e. The Morgan fingerprint density at radius 1 is 0.710 bits per heavy atom. The van der Waals surface area contributed by atoms with Gasteiger partial charge in [-0.15, -0.1) is 11.3 Å². The van der Waals surface area contributed by atoms with Crippen LogP contribution < -0.4 is 5.32 Å². The summed E-state index contributed by atoms with van der Waals surface area (Å²) in [6.45, 7) is 4.24. The molecule has 0 aliphatic rings. The van der Waals surface area contributed by atoms with E-state index in [-0.39, 0.29) is 0 Å². The van der Waals surface area contributed by atoms with Gasteiger partial charge in [0.15, 0.2) is 5.13 Å². The topological polar surface area (TPSA) is 37.8 Å². The molecule has 0 unspecified atom stereocenters. The van der Waals surface area contributed by atoms with Crippen LogP contribution in [0.1, 0.15) is 13.8 Å². The van der Waals surface area contributed by atoms with E-state index in [4.69, 9.17) is 9.97 Å². The molecule has 0 amide bonds. The van der Waals surface area contributed by atoms with Crippen molar-refractivity contribution in [1.82, 2.24) is 9.97 Å². The minimum absolute atomic E-state index is 0.344. The Balaban J connectivity index is 1.69. The zero-order valence-electron chi connectivity index (χ0n) is 17.5. The molecular weight excluding hydrogens is 398 g/mol. The first kappa shape index (κ1) is 19.5. The lowest BCUT2D eigenvalue weighted by molar-refractivity contribution is 0.896. The molecule has 0 aliphatic carbocycles. The van der Waals surface area contributed by atoms with Crippen LogP contribution in [0.2, 0.25) is 0 Å². The number of benzene rings is 3. The molecule has 5 rings (SSSR count). The number of nitrogens with one attached hydrogen (secondary N) is 1. The maximum atomic E-state index is 5.03. The maximum Gasteiger partial charge on any atom is 0.183 e. The molecule has 0 spiro atoms. The number of pyridine rings is 1. The highest BCUT2D eigenvalue weighted by Crippen LogP contribution is 2.35. The molecular formula is C27H23N3S. The Kier molecular flexibility index (Phi) is 5.23. The summed E-state index contributed by atoms with van der Waals surface area (Å²) in [6, 6.07) is 30.0. The van der Waals surface area contributed by atoms with Crippen LogP contribution in [0.25, 0.3) is 44.5 Å². The zero-order chi connectivity index (χ0) is 21.2. The lowest BCUT2D eigenvalue weighted by Crippen LogP contribution is -2.09. The van der Waals surface area contributed by atoms with E-state index in [1.54, 1.807) is 11.3 Å². The molecule has 0 fully saturated rings. The van der Waals surface area contributed by atoms with Gasteiger partial charge in [-0.05, 0) is 48.2 Å². The van der Waals surface area contributed by atoms with Gasteiger partial charge >= 0.3 is 0 Å². The number of anilines is 1. The quantitative estimate of drug-likeness (QED) is 0.319. The van der Waals surface area contributed by atoms with Crippen molar-refractivity contribution in [2.45, 2.75) is 19.9 Å². The minimum atomic E-state index is 0.344. The van der Waals surface area contributed by atoms with E-state index in [2.05, 4.69) is 97.3 Å². The lowest BCUT2D eigenvalue weighted by atomic mass is 9.97. The Bertz CT molecular complexity index is 1320. The van der Waals surface area contributed by atoms with Crippen LogP contribution in [0.5, 0.6) is 0 Å². The van der Waals surface area contributed by atoms with E-state index in [0.29, 0.717) is 6.04 Å². The van der Waals surface area contributed by atoms with E-state index in [0.717, 1.165) is 33.0 Å². The molecule has 0 aliphatic heterocycles. The molecule has 0 saturated heterocycles. The SMILES string of the molecule is CC(C)Nc1nc(-c2cc(-c3ccccc3)c3ccc(-c4ccccc4)cc3n2)cs1. The first-order chi connectivity index (χ1) is 15.2. The van der Waals surface area contributed by atoms with Gasteiger partial charge in [-0.3, -0.25) is 0 Å². The smallest absolute Gasteiger partial charge is 0.183 e. The van der Waals surface area contributed by atoms with Crippen molar-refractivity contribution >= 4 is 27.4 Å². The molecule has 152 valence electrons. The van der Waals surface area contributed by atoms with Gasteiger partial charge < -0.3 is 5.32 Å². The summed E-state index contributed by atoms with van der Waals surface area (Å²) >= 11 is 1.62. The summed E-state index contributed by atoms with van der Waals surface area (Å²) in [7, 11) is 0. The van der Waals surface area contributed by atoms with Crippen LogP contribution in [0.3, 0.4) is 0 Å². The molecule has 0 bridgehead atoms. The monoisotopic (exact) mass is 421 g/mol. The van der Waals surface area contributed by atoms with Crippen LogP contribution in [0.15, 0.2) is 90.3 Å². The van der Waals surface area contributed by atoms with Crippen molar-refractivity contribution in [2.24, 2.45) is 0 Å². The summed E-state index contributed by atoms with van der Waals surface area (Å²) < 4.78 is 0. The maximum absolute atomic E-state index is 5.03. The van der Waals surface area contributed by atoms with E-state index < -0.39 is 0 Å². The van der Waals surface area contributed by atoms with Crippen LogP contribution in [-0.4, -0.2) is 16.0 Å². The molecule has 5 aromatic rings. The fraction of sp³-hybridized carbons (Fsp3) is 0.111. The molecule has 2 heterocycles. The molecule has 3 nitrogen and oxygen atoms in total. The summed E-state index contributed by atoms with van der Waals surface area (Å²) in [4.78, 5) is 9.81. The third-order valence-corrected chi connectivity index (χ3v) is 5.95. The third-order valence-electron chi connectivity index (χ3n) is 5.18. The van der Waals surface area contributed by atoms with Crippen LogP contribution in [0, 0.1) is 0 Å². The highest BCUT2D eigenvalue weighted by Gasteiger charge is 2.13. The van der Waals surface area contributed by atoms with Crippen LogP contribution in [-0.2, 0) is 0 Å². The second kappa shape index (κ2) is 8.32. The number of thiazole rings is 1. The van der Waals surface area contributed by atoms with Gasteiger partial charge in [0, 0.05) is 16.8 Å². The summed E-state index contributed by atoms with van der Waals surface area (Å²) in [5.74, 6) is 0. The Morgan fingerprint density at radius 2 is 1.42 bits per heavy atom. The fourth-order valence-corrected chi connectivity index (χ4v) is 4.58. The van der Waals surface area contributed by atoms with Crippen molar-refractivity contribution in [3.63, 3.8) is 0 Å². The molecule has 31 heavy (non-hydrogen) atoms. The van der Waals surface area contributed by atoms with Gasteiger partial charge in [0.25, 0.3) is 0 Å². The van der Waals surface area contributed by atoms with Gasteiger partial charge in [0.2, 0.25) is 0 Å². The van der Waals surface area contributed by atoms with Gasteiger partial charge in [0.05, 0.1) is 11.2 Å². The van der Waals surface area contributed by atoms with Gasteiger partial charge in [0.1, 0.15) is 5.69 Å². The molecule has 3 aromatic carbocycles. The normalized spacial score (nSPS) is 11.2. The molecule has 2 aromatic heterocycles. The zero-order valence-corrected chi connectivity index (χ0v) is 18.4. The molecule has 0 saturated carbocycles. The first-order valence-electron chi connectivity index (χ1n) is 10.5. The number of fused-ring (bicyclic) bond motifs is 1. The molecule has 0 radical (unpaired) electrons. The number of hydrogen-bond acceptors (Lipinski definition) is 4. The Labute approximate surface area is 186 Å². The number of aromatic nitrogens is 2. The van der Waals surface area contributed by atoms with Crippen molar-refractivity contribution in [1.29, 1.82) is 0 Å². The van der Waals surface area contributed by atoms with Crippen LogP contribution >= 0.6 is 11.3 Å². The predicted octanol–water partition coefficient (Wildman–Crippen LogP) is 7.51. The average Bonchev–Trinajstić information content (AvgIpc) is 3.27. The van der Waals surface area contributed by atoms with Gasteiger partial charge in [-0.1, -0.05) is 72.8 Å². The van der Waals surface area contributed by atoms with Gasteiger partial charge in [-0.2, -0.15) is 0 Å². The predicted molar refractivity (Wildman–Crippen MR) is 132 cm³/mol. The van der Waals surface area contributed by atoms with Crippen molar-refractivity contribution in [2.75, 3.05) is 5.32 Å². The average molecular weight is 422 g/mol. The highest BCUT2D eigenvalue weighted by molar-refractivity contribution is 7.14. The van der Waals surface area contributed by atoms with Crippen molar-refractivity contribution < 1.29 is 0 Å². The van der Waals surface area contributed by atoms with E-state index in [1.807, 2.05) is 12.1 Å². The largest absolute Gasteiger partial charge is 0.359 e.